The van der Waals surface area contributed by atoms with Crippen molar-refractivity contribution in [2.24, 2.45) is 4.99 Å². The van der Waals surface area contributed by atoms with Crippen molar-refractivity contribution in [3.05, 3.63) is 59.1 Å². The Kier molecular flexibility index (Phi) is 4.25. The third kappa shape index (κ3) is 3.56. The molecule has 0 aromatic heterocycles. The number of nitrogens with zero attached hydrogens (tertiary/aromatic N) is 1. The molecule has 3 rings (SSSR count). The van der Waals surface area contributed by atoms with Crippen molar-refractivity contribution in [3.63, 3.8) is 0 Å². The number of nitrogens with one attached hydrogen (secondary N) is 3. The van der Waals surface area contributed by atoms with E-state index in [1.165, 1.54) is 0 Å². The molecule has 0 bridgehead atoms. The third-order valence-corrected chi connectivity index (χ3v) is 3.39. The normalized spacial score (nSPS) is 13.2. The van der Waals surface area contributed by atoms with Gasteiger partial charge in [-0.05, 0) is 30.3 Å². The second kappa shape index (κ2) is 6.49. The van der Waals surface area contributed by atoms with Gasteiger partial charge in [0.25, 0.3) is 0 Å². The summed E-state index contributed by atoms with van der Waals surface area (Å²) in [5.41, 5.74) is 2.30. The second-order valence-corrected chi connectivity index (χ2v) is 5.26. The van der Waals surface area contributed by atoms with Gasteiger partial charge in [-0.3, -0.25) is 4.99 Å². The summed E-state index contributed by atoms with van der Waals surface area (Å²) in [4.78, 5) is 16.4. The fourth-order valence-electron chi connectivity index (χ4n) is 2.20. The highest BCUT2D eigenvalue weighted by atomic mass is 35.5. The number of rotatable bonds is 3. The number of benzene rings is 2. The fraction of sp³-hybridized carbons (Fsp3) is 0.125. The number of urea groups is 1. The van der Waals surface area contributed by atoms with Crippen LogP contribution in [0.15, 0.2) is 53.5 Å². The average Bonchev–Trinajstić information content (AvgIpc) is 3.01. The summed E-state index contributed by atoms with van der Waals surface area (Å²) < 4.78 is 0. The quantitative estimate of drug-likeness (QED) is 0.813. The maximum Gasteiger partial charge on any atom is 0.323 e. The van der Waals surface area contributed by atoms with Gasteiger partial charge in [-0.25, -0.2) is 4.79 Å². The second-order valence-electron chi connectivity index (χ2n) is 4.83. The Labute approximate surface area is 133 Å². The van der Waals surface area contributed by atoms with Gasteiger partial charge in [-0.2, -0.15) is 0 Å². The number of amidine groups is 1. The van der Waals surface area contributed by atoms with Gasteiger partial charge in [0.2, 0.25) is 0 Å². The largest absolute Gasteiger partial charge is 0.368 e. The van der Waals surface area contributed by atoms with Crippen molar-refractivity contribution in [2.45, 2.75) is 0 Å². The molecule has 0 saturated carbocycles. The first kappa shape index (κ1) is 14.4. The first-order valence-corrected chi connectivity index (χ1v) is 7.31. The van der Waals surface area contributed by atoms with Crippen LogP contribution in [0.2, 0.25) is 5.02 Å². The molecule has 1 aliphatic rings. The van der Waals surface area contributed by atoms with Crippen LogP contribution in [0, 0.1) is 0 Å². The standard InChI is InChI=1S/C16H15ClN4O/c17-12-4-2-6-14(10-12)21-16(22)20-13-5-1-3-11(9-13)15-18-7-8-19-15/h1-6,9-10H,7-8H2,(H,18,19)(H2,20,21,22). The van der Waals surface area contributed by atoms with Gasteiger partial charge in [0.05, 0.1) is 6.54 Å². The zero-order valence-corrected chi connectivity index (χ0v) is 12.5. The topological polar surface area (TPSA) is 65.5 Å². The molecular weight excluding hydrogens is 300 g/mol. The molecule has 5 nitrogen and oxygen atoms in total. The van der Waals surface area contributed by atoms with Crippen molar-refractivity contribution >= 4 is 34.8 Å². The highest BCUT2D eigenvalue weighted by Crippen LogP contribution is 2.16. The number of hydrogen-bond donors (Lipinski definition) is 3. The molecule has 0 saturated heterocycles. The summed E-state index contributed by atoms with van der Waals surface area (Å²) in [6.07, 6.45) is 0. The van der Waals surface area contributed by atoms with Crippen molar-refractivity contribution in [3.8, 4) is 0 Å². The molecule has 0 radical (unpaired) electrons. The number of carbonyl (C=O) groups is 1. The van der Waals surface area contributed by atoms with Crippen LogP contribution in [0.4, 0.5) is 16.2 Å². The van der Waals surface area contributed by atoms with E-state index in [4.69, 9.17) is 11.6 Å². The number of amides is 2. The SMILES string of the molecule is O=C(Nc1cccc(Cl)c1)Nc1cccc(C2=NCCN2)c1. The Bertz CT molecular complexity index is 730. The summed E-state index contributed by atoms with van der Waals surface area (Å²) in [5, 5.41) is 9.32. The molecule has 112 valence electrons. The van der Waals surface area contributed by atoms with Crippen LogP contribution < -0.4 is 16.0 Å². The van der Waals surface area contributed by atoms with E-state index in [9.17, 15) is 4.79 Å². The lowest BCUT2D eigenvalue weighted by molar-refractivity contribution is 0.262. The van der Waals surface area contributed by atoms with Crippen LogP contribution in [-0.2, 0) is 0 Å². The number of aliphatic imine (C=N–C) groups is 1. The number of carbonyl (C=O) groups excluding carboxylic acids is 1. The summed E-state index contributed by atoms with van der Waals surface area (Å²) in [5.74, 6) is 0.860. The van der Waals surface area contributed by atoms with Gasteiger partial charge < -0.3 is 16.0 Å². The highest BCUT2D eigenvalue weighted by molar-refractivity contribution is 6.30. The number of halogens is 1. The zero-order valence-electron chi connectivity index (χ0n) is 11.8. The van der Waals surface area contributed by atoms with Gasteiger partial charge in [0.15, 0.2) is 0 Å². The maximum absolute atomic E-state index is 12.0. The van der Waals surface area contributed by atoms with Gasteiger partial charge in [-0.1, -0.05) is 29.8 Å². The Morgan fingerprint density at radius 3 is 2.50 bits per heavy atom. The van der Waals surface area contributed by atoms with Gasteiger partial charge in [0, 0.05) is 28.5 Å². The minimum atomic E-state index is -0.319. The fourth-order valence-corrected chi connectivity index (χ4v) is 2.39. The molecule has 0 fully saturated rings. The Hall–Kier alpha value is -2.53. The lowest BCUT2D eigenvalue weighted by atomic mass is 10.2. The minimum absolute atomic E-state index is 0.319. The average molecular weight is 315 g/mol. The van der Waals surface area contributed by atoms with E-state index in [2.05, 4.69) is 20.9 Å². The molecule has 3 N–H and O–H groups in total. The minimum Gasteiger partial charge on any atom is -0.368 e. The summed E-state index contributed by atoms with van der Waals surface area (Å²) in [6.45, 7) is 1.63. The molecule has 0 aliphatic carbocycles. The smallest absolute Gasteiger partial charge is 0.323 e. The first-order chi connectivity index (χ1) is 10.7. The first-order valence-electron chi connectivity index (χ1n) is 6.93. The number of hydrogen-bond acceptors (Lipinski definition) is 3. The van der Waals surface area contributed by atoms with Crippen LogP contribution in [0.25, 0.3) is 0 Å². The Morgan fingerprint density at radius 1 is 1.09 bits per heavy atom. The molecule has 2 amide bonds. The van der Waals surface area contributed by atoms with E-state index in [0.29, 0.717) is 16.4 Å². The van der Waals surface area contributed by atoms with Crippen LogP contribution in [0.5, 0.6) is 0 Å². The van der Waals surface area contributed by atoms with E-state index in [1.807, 2.05) is 24.3 Å². The van der Waals surface area contributed by atoms with Crippen LogP contribution in [0.3, 0.4) is 0 Å². The monoisotopic (exact) mass is 314 g/mol. The molecule has 1 heterocycles. The Balaban J connectivity index is 1.67. The molecule has 22 heavy (non-hydrogen) atoms. The van der Waals surface area contributed by atoms with Crippen LogP contribution >= 0.6 is 11.6 Å². The molecular formula is C16H15ClN4O. The van der Waals surface area contributed by atoms with Crippen LogP contribution in [0.1, 0.15) is 5.56 Å². The van der Waals surface area contributed by atoms with E-state index < -0.39 is 0 Å². The van der Waals surface area contributed by atoms with Gasteiger partial charge in [0.1, 0.15) is 5.84 Å². The van der Waals surface area contributed by atoms with E-state index >= 15 is 0 Å². The predicted octanol–water partition coefficient (Wildman–Crippen LogP) is 3.33. The van der Waals surface area contributed by atoms with E-state index in [1.54, 1.807) is 24.3 Å². The van der Waals surface area contributed by atoms with Crippen molar-refractivity contribution in [2.75, 3.05) is 23.7 Å². The predicted molar refractivity (Wildman–Crippen MR) is 89.9 cm³/mol. The molecule has 2 aromatic rings. The summed E-state index contributed by atoms with van der Waals surface area (Å²) in [6, 6.07) is 14.2. The van der Waals surface area contributed by atoms with Crippen molar-refractivity contribution < 1.29 is 4.79 Å². The number of anilines is 2. The van der Waals surface area contributed by atoms with E-state index in [-0.39, 0.29) is 6.03 Å². The summed E-state index contributed by atoms with van der Waals surface area (Å²) >= 11 is 5.89. The van der Waals surface area contributed by atoms with Crippen LogP contribution in [-0.4, -0.2) is 25.0 Å². The van der Waals surface area contributed by atoms with Gasteiger partial charge >= 0.3 is 6.03 Å². The third-order valence-electron chi connectivity index (χ3n) is 3.15. The molecule has 0 unspecified atom stereocenters. The van der Waals surface area contributed by atoms with Crippen molar-refractivity contribution in [1.82, 2.24) is 5.32 Å². The molecule has 0 spiro atoms. The van der Waals surface area contributed by atoms with Gasteiger partial charge in [-0.15, -0.1) is 0 Å². The lowest BCUT2D eigenvalue weighted by Crippen LogP contribution is -2.21. The Morgan fingerprint density at radius 2 is 1.82 bits per heavy atom. The zero-order chi connectivity index (χ0) is 15.4. The molecule has 0 atom stereocenters. The molecule has 1 aliphatic heterocycles. The van der Waals surface area contributed by atoms with Crippen molar-refractivity contribution in [1.29, 1.82) is 0 Å². The molecule has 6 heteroatoms. The van der Waals surface area contributed by atoms with E-state index in [0.717, 1.165) is 24.5 Å². The maximum atomic E-state index is 12.0. The summed E-state index contributed by atoms with van der Waals surface area (Å²) in [7, 11) is 0. The lowest BCUT2D eigenvalue weighted by Gasteiger charge is -2.09. The highest BCUT2D eigenvalue weighted by Gasteiger charge is 2.09. The molecule has 2 aromatic carbocycles.